The Morgan fingerprint density at radius 1 is 1.21 bits per heavy atom. The molecule has 0 spiro atoms. The number of aliphatic carboxylic acids is 1. The van der Waals surface area contributed by atoms with Gasteiger partial charge in [-0.25, -0.2) is 8.42 Å². The zero-order valence-corrected chi connectivity index (χ0v) is 18.3. The first-order valence-electron chi connectivity index (χ1n) is 9.64. The fourth-order valence-corrected chi connectivity index (χ4v) is 5.17. The standard InChI is InChI=1S/C19H32N4O5S/c1-5-12-11-16(28-4)13(6-2)14(7-3)17(12)29(26,27)23-15(18(24)25)9-8-10-22-19(20)21/h11,15,23H,5-10H2,1-4H3,(H,24,25)(H4,20,21,22)/t15-/m0/s1. The number of aliphatic imine (C=N–C) groups is 1. The number of hydrogen-bond acceptors (Lipinski definition) is 5. The van der Waals surface area contributed by atoms with E-state index in [9.17, 15) is 18.3 Å². The third-order valence-electron chi connectivity index (χ3n) is 4.65. The molecule has 0 saturated carbocycles. The van der Waals surface area contributed by atoms with Crippen LogP contribution in [0.4, 0.5) is 0 Å². The Morgan fingerprint density at radius 3 is 2.28 bits per heavy atom. The van der Waals surface area contributed by atoms with Crippen molar-refractivity contribution in [3.05, 3.63) is 22.8 Å². The minimum absolute atomic E-state index is 0.0606. The maximum atomic E-state index is 13.2. The smallest absolute Gasteiger partial charge is 0.321 e. The van der Waals surface area contributed by atoms with Gasteiger partial charge in [-0.3, -0.25) is 9.79 Å². The number of carbonyl (C=O) groups is 1. The third kappa shape index (κ3) is 6.33. The molecule has 0 unspecified atom stereocenters. The van der Waals surface area contributed by atoms with Crippen molar-refractivity contribution in [2.75, 3.05) is 13.7 Å². The summed E-state index contributed by atoms with van der Waals surface area (Å²) in [6.07, 6.45) is 1.92. The van der Waals surface area contributed by atoms with Crippen LogP contribution in [0.1, 0.15) is 50.3 Å². The van der Waals surface area contributed by atoms with Crippen LogP contribution in [0.2, 0.25) is 0 Å². The van der Waals surface area contributed by atoms with Crippen LogP contribution in [-0.4, -0.2) is 45.1 Å². The number of methoxy groups -OCH3 is 1. The fraction of sp³-hybridized carbons (Fsp3) is 0.579. The summed E-state index contributed by atoms with van der Waals surface area (Å²) in [6, 6.07) is 0.442. The predicted molar refractivity (Wildman–Crippen MR) is 113 cm³/mol. The molecule has 0 aliphatic carbocycles. The lowest BCUT2D eigenvalue weighted by atomic mass is 9.97. The summed E-state index contributed by atoms with van der Waals surface area (Å²) in [5.74, 6) is -0.700. The topological polar surface area (TPSA) is 157 Å². The number of carboxylic acid groups (broad SMARTS) is 1. The van der Waals surface area contributed by atoms with Gasteiger partial charge in [0.15, 0.2) is 5.96 Å². The molecule has 0 fully saturated rings. The van der Waals surface area contributed by atoms with Crippen molar-refractivity contribution in [2.45, 2.75) is 63.8 Å². The molecule has 1 aromatic rings. The minimum Gasteiger partial charge on any atom is -0.496 e. The van der Waals surface area contributed by atoms with Gasteiger partial charge in [0.2, 0.25) is 10.0 Å². The third-order valence-corrected chi connectivity index (χ3v) is 6.29. The Kier molecular flexibility index (Phi) is 9.38. The van der Waals surface area contributed by atoms with Gasteiger partial charge in [0, 0.05) is 6.54 Å². The van der Waals surface area contributed by atoms with Crippen molar-refractivity contribution < 1.29 is 23.1 Å². The first-order valence-corrected chi connectivity index (χ1v) is 11.1. The first kappa shape index (κ1) is 24.7. The molecular formula is C19H32N4O5S. The van der Waals surface area contributed by atoms with Gasteiger partial charge in [0.1, 0.15) is 11.8 Å². The van der Waals surface area contributed by atoms with Crippen LogP contribution in [-0.2, 0) is 34.1 Å². The second-order valence-electron chi connectivity index (χ2n) is 6.55. The molecule has 1 rings (SSSR count). The number of nitrogens with zero attached hydrogens (tertiary/aromatic N) is 1. The Balaban J connectivity index is 3.35. The number of ether oxygens (including phenoxy) is 1. The summed E-state index contributed by atoms with van der Waals surface area (Å²) in [4.78, 5) is 15.6. The highest BCUT2D eigenvalue weighted by molar-refractivity contribution is 7.89. The van der Waals surface area contributed by atoms with Crippen LogP contribution in [0.5, 0.6) is 5.75 Å². The number of hydrogen-bond donors (Lipinski definition) is 4. The van der Waals surface area contributed by atoms with E-state index < -0.39 is 22.0 Å². The summed E-state index contributed by atoms with van der Waals surface area (Å²) < 4.78 is 34.3. The molecule has 1 atom stereocenters. The number of guanidine groups is 1. The van der Waals surface area contributed by atoms with E-state index in [4.69, 9.17) is 16.2 Å². The zero-order chi connectivity index (χ0) is 22.2. The van der Waals surface area contributed by atoms with E-state index in [-0.39, 0.29) is 23.8 Å². The van der Waals surface area contributed by atoms with E-state index in [2.05, 4.69) is 9.71 Å². The summed E-state index contributed by atoms with van der Waals surface area (Å²) in [5.41, 5.74) is 12.6. The number of aryl methyl sites for hydroxylation is 1. The molecule has 0 heterocycles. The van der Waals surface area contributed by atoms with Crippen LogP contribution in [0, 0.1) is 0 Å². The zero-order valence-electron chi connectivity index (χ0n) is 17.5. The molecule has 0 amide bonds. The average Bonchev–Trinajstić information content (AvgIpc) is 2.67. The second kappa shape index (κ2) is 11.0. The van der Waals surface area contributed by atoms with E-state index >= 15 is 0 Å². The van der Waals surface area contributed by atoms with Gasteiger partial charge in [0.05, 0.1) is 12.0 Å². The quantitative estimate of drug-likeness (QED) is 0.221. The molecular weight excluding hydrogens is 396 g/mol. The highest BCUT2D eigenvalue weighted by Gasteiger charge is 2.30. The van der Waals surface area contributed by atoms with Gasteiger partial charge in [-0.1, -0.05) is 20.8 Å². The molecule has 0 saturated heterocycles. The summed E-state index contributed by atoms with van der Waals surface area (Å²) in [6.45, 7) is 5.87. The Morgan fingerprint density at radius 2 is 1.83 bits per heavy atom. The van der Waals surface area contributed by atoms with E-state index in [0.29, 0.717) is 42.6 Å². The van der Waals surface area contributed by atoms with Crippen molar-refractivity contribution >= 4 is 22.0 Å². The lowest BCUT2D eigenvalue weighted by Crippen LogP contribution is -2.41. The number of carboxylic acids is 1. The van der Waals surface area contributed by atoms with Crippen molar-refractivity contribution in [1.29, 1.82) is 0 Å². The van der Waals surface area contributed by atoms with Crippen LogP contribution < -0.4 is 20.9 Å². The maximum absolute atomic E-state index is 13.2. The largest absolute Gasteiger partial charge is 0.496 e. The first-order chi connectivity index (χ1) is 13.6. The molecule has 10 heteroatoms. The van der Waals surface area contributed by atoms with Gasteiger partial charge < -0.3 is 21.3 Å². The molecule has 6 N–H and O–H groups in total. The molecule has 9 nitrogen and oxygen atoms in total. The predicted octanol–water partition coefficient (Wildman–Crippen LogP) is 1.17. The summed E-state index contributed by atoms with van der Waals surface area (Å²) in [5, 5.41) is 9.50. The monoisotopic (exact) mass is 428 g/mol. The Hall–Kier alpha value is -2.33. The van der Waals surface area contributed by atoms with Gasteiger partial charge >= 0.3 is 5.97 Å². The van der Waals surface area contributed by atoms with Crippen LogP contribution in [0.3, 0.4) is 0 Å². The Bertz CT molecular complexity index is 849. The van der Waals surface area contributed by atoms with Gasteiger partial charge in [-0.05, 0) is 54.9 Å². The fourth-order valence-electron chi connectivity index (χ4n) is 3.31. The summed E-state index contributed by atoms with van der Waals surface area (Å²) in [7, 11) is -2.52. The highest BCUT2D eigenvalue weighted by Crippen LogP contribution is 2.33. The lowest BCUT2D eigenvalue weighted by molar-refractivity contribution is -0.139. The number of nitrogens with one attached hydrogen (secondary N) is 1. The highest BCUT2D eigenvalue weighted by atomic mass is 32.2. The van der Waals surface area contributed by atoms with Crippen molar-refractivity contribution in [3.8, 4) is 5.75 Å². The number of nitrogens with two attached hydrogens (primary N) is 2. The number of sulfonamides is 1. The van der Waals surface area contributed by atoms with E-state index in [1.807, 2.05) is 20.8 Å². The SMILES string of the molecule is CCc1cc(OC)c(CC)c(CC)c1S(=O)(=O)N[C@@H](CCCN=C(N)N)C(=O)O. The molecule has 29 heavy (non-hydrogen) atoms. The minimum atomic E-state index is -4.07. The molecule has 0 aromatic heterocycles. The lowest BCUT2D eigenvalue weighted by Gasteiger charge is -2.22. The average molecular weight is 429 g/mol. The van der Waals surface area contributed by atoms with Crippen LogP contribution >= 0.6 is 0 Å². The van der Waals surface area contributed by atoms with Crippen molar-refractivity contribution in [1.82, 2.24) is 4.72 Å². The molecule has 0 aliphatic rings. The van der Waals surface area contributed by atoms with Gasteiger partial charge in [0.25, 0.3) is 0 Å². The number of benzene rings is 1. The molecule has 0 bridgehead atoms. The number of rotatable bonds is 12. The van der Waals surface area contributed by atoms with Gasteiger partial charge in [-0.2, -0.15) is 4.72 Å². The van der Waals surface area contributed by atoms with E-state index in [0.717, 1.165) is 5.56 Å². The summed E-state index contributed by atoms with van der Waals surface area (Å²) >= 11 is 0. The van der Waals surface area contributed by atoms with Crippen molar-refractivity contribution in [3.63, 3.8) is 0 Å². The van der Waals surface area contributed by atoms with E-state index in [1.165, 1.54) is 0 Å². The maximum Gasteiger partial charge on any atom is 0.321 e. The van der Waals surface area contributed by atoms with Crippen LogP contribution in [0.25, 0.3) is 0 Å². The second-order valence-corrected chi connectivity index (χ2v) is 8.20. The van der Waals surface area contributed by atoms with Gasteiger partial charge in [-0.15, -0.1) is 0 Å². The molecule has 164 valence electrons. The van der Waals surface area contributed by atoms with E-state index in [1.54, 1.807) is 13.2 Å². The van der Waals surface area contributed by atoms with Crippen molar-refractivity contribution in [2.24, 2.45) is 16.5 Å². The molecule has 0 aliphatic heterocycles. The molecule has 1 aromatic carbocycles. The van der Waals surface area contributed by atoms with Crippen LogP contribution in [0.15, 0.2) is 16.0 Å². The normalized spacial score (nSPS) is 12.4. The molecule has 0 radical (unpaired) electrons. The Labute approximate surface area is 172 Å².